The van der Waals surface area contributed by atoms with Crippen molar-refractivity contribution in [2.24, 2.45) is 5.73 Å². The van der Waals surface area contributed by atoms with Crippen LogP contribution in [-0.4, -0.2) is 30.7 Å². The maximum Gasteiger partial charge on any atom is 0.0282 e. The molecule has 3 N–H and O–H groups in total. The highest BCUT2D eigenvalue weighted by Crippen LogP contribution is 1.97. The van der Waals surface area contributed by atoms with E-state index in [1.165, 1.54) is 6.42 Å². The van der Waals surface area contributed by atoms with Crippen LogP contribution in [0.4, 0.5) is 0 Å². The van der Waals surface area contributed by atoms with Crippen molar-refractivity contribution in [3.8, 4) is 0 Å². The van der Waals surface area contributed by atoms with Crippen LogP contribution in [0, 0.1) is 0 Å². The lowest BCUT2D eigenvalue weighted by Crippen LogP contribution is -2.40. The van der Waals surface area contributed by atoms with Crippen molar-refractivity contribution in [2.45, 2.75) is 25.8 Å². The summed E-state index contributed by atoms with van der Waals surface area (Å²) in [6.07, 6.45) is 2.33. The minimum Gasteiger partial charge on any atom is -0.326 e. The van der Waals surface area contributed by atoms with Gasteiger partial charge in [-0.2, -0.15) is 0 Å². The van der Waals surface area contributed by atoms with Gasteiger partial charge in [-0.1, -0.05) is 6.92 Å². The summed E-state index contributed by atoms with van der Waals surface area (Å²) < 4.78 is 0. The van der Waals surface area contributed by atoms with Gasteiger partial charge in [-0.25, -0.2) is 5.01 Å². The van der Waals surface area contributed by atoms with Crippen molar-refractivity contribution in [2.75, 3.05) is 19.6 Å². The van der Waals surface area contributed by atoms with Gasteiger partial charge >= 0.3 is 0 Å². The number of hydrogen-bond acceptors (Lipinski definition) is 3. The number of nitrogens with two attached hydrogens (primary N) is 1. The molecule has 10 heavy (non-hydrogen) atoms. The molecule has 1 aliphatic rings. The van der Waals surface area contributed by atoms with E-state index >= 15 is 0 Å². The molecule has 0 aromatic rings. The van der Waals surface area contributed by atoms with Crippen LogP contribution in [0.2, 0.25) is 0 Å². The Hall–Kier alpha value is -0.120. The van der Waals surface area contributed by atoms with Crippen molar-refractivity contribution >= 4 is 0 Å². The molecular weight excluding hydrogens is 126 g/mol. The van der Waals surface area contributed by atoms with E-state index in [1.54, 1.807) is 0 Å². The molecule has 0 spiro atoms. The lowest BCUT2D eigenvalue weighted by molar-refractivity contribution is 0.235. The van der Waals surface area contributed by atoms with Gasteiger partial charge in [0.1, 0.15) is 0 Å². The molecule has 1 fully saturated rings. The summed E-state index contributed by atoms with van der Waals surface area (Å²) in [4.78, 5) is 0. The van der Waals surface area contributed by atoms with Gasteiger partial charge in [0, 0.05) is 25.7 Å². The fourth-order valence-electron chi connectivity index (χ4n) is 1.15. The summed E-state index contributed by atoms with van der Waals surface area (Å²) in [5.41, 5.74) is 9.05. The number of hydrazine groups is 1. The lowest BCUT2D eigenvalue weighted by atomic mass is 10.2. The molecular formula is C7H17N3. The van der Waals surface area contributed by atoms with Crippen molar-refractivity contribution in [1.29, 1.82) is 0 Å². The Morgan fingerprint density at radius 1 is 1.70 bits per heavy atom. The third-order valence-electron chi connectivity index (χ3n) is 1.92. The minimum atomic E-state index is 0.339. The third kappa shape index (κ3) is 2.25. The zero-order chi connectivity index (χ0) is 7.40. The SMILES string of the molecule is CCC(N)CN1CCCN1. The van der Waals surface area contributed by atoms with Crippen LogP contribution >= 0.6 is 0 Å². The van der Waals surface area contributed by atoms with E-state index < -0.39 is 0 Å². The van der Waals surface area contributed by atoms with E-state index in [2.05, 4.69) is 17.4 Å². The summed E-state index contributed by atoms with van der Waals surface area (Å²) in [7, 11) is 0. The maximum absolute atomic E-state index is 5.77. The van der Waals surface area contributed by atoms with Crippen molar-refractivity contribution in [3.63, 3.8) is 0 Å². The van der Waals surface area contributed by atoms with Gasteiger partial charge in [0.05, 0.1) is 0 Å². The molecule has 1 heterocycles. The third-order valence-corrected chi connectivity index (χ3v) is 1.92. The highest BCUT2D eigenvalue weighted by molar-refractivity contribution is 4.68. The summed E-state index contributed by atoms with van der Waals surface area (Å²) in [5.74, 6) is 0. The average Bonchev–Trinajstić information content (AvgIpc) is 2.40. The van der Waals surface area contributed by atoms with Gasteiger partial charge in [-0.3, -0.25) is 5.43 Å². The first-order valence-corrected chi connectivity index (χ1v) is 4.07. The summed E-state index contributed by atoms with van der Waals surface area (Å²) in [5, 5.41) is 2.22. The Labute approximate surface area is 62.5 Å². The van der Waals surface area contributed by atoms with E-state index in [4.69, 9.17) is 5.73 Å². The van der Waals surface area contributed by atoms with Gasteiger partial charge < -0.3 is 5.73 Å². The second kappa shape index (κ2) is 3.91. The predicted molar refractivity (Wildman–Crippen MR) is 42.5 cm³/mol. The highest BCUT2D eigenvalue weighted by atomic mass is 15.5. The zero-order valence-corrected chi connectivity index (χ0v) is 6.64. The molecule has 0 bridgehead atoms. The molecule has 0 aromatic heterocycles. The van der Waals surface area contributed by atoms with Gasteiger partial charge in [0.25, 0.3) is 0 Å². The fraction of sp³-hybridized carbons (Fsp3) is 1.00. The summed E-state index contributed by atoms with van der Waals surface area (Å²) in [6, 6.07) is 0.339. The van der Waals surface area contributed by atoms with Gasteiger partial charge in [0.2, 0.25) is 0 Å². The van der Waals surface area contributed by atoms with Crippen LogP contribution in [0.3, 0.4) is 0 Å². The predicted octanol–water partition coefficient (Wildman–Crippen LogP) is -0.0660. The Bertz CT molecular complexity index is 88.9. The smallest absolute Gasteiger partial charge is 0.0282 e. The standard InChI is InChI=1S/C7H17N3/c1-2-7(8)6-10-5-3-4-9-10/h7,9H,2-6,8H2,1H3. The van der Waals surface area contributed by atoms with Crippen LogP contribution < -0.4 is 11.2 Å². The quantitative estimate of drug-likeness (QED) is 0.581. The zero-order valence-electron chi connectivity index (χ0n) is 6.64. The molecule has 3 nitrogen and oxygen atoms in total. The molecule has 3 heteroatoms. The first-order chi connectivity index (χ1) is 4.83. The van der Waals surface area contributed by atoms with Crippen molar-refractivity contribution < 1.29 is 0 Å². The summed E-state index contributed by atoms with van der Waals surface area (Å²) >= 11 is 0. The molecule has 0 amide bonds. The van der Waals surface area contributed by atoms with Crippen LogP contribution in [0.15, 0.2) is 0 Å². The van der Waals surface area contributed by atoms with E-state index in [9.17, 15) is 0 Å². The van der Waals surface area contributed by atoms with Gasteiger partial charge in [-0.05, 0) is 12.8 Å². The molecule has 0 saturated carbocycles. The summed E-state index contributed by atoms with van der Waals surface area (Å²) in [6.45, 7) is 5.40. The van der Waals surface area contributed by atoms with E-state index in [1.807, 2.05) is 0 Å². The van der Waals surface area contributed by atoms with Crippen LogP contribution in [0.25, 0.3) is 0 Å². The first kappa shape index (κ1) is 7.98. The van der Waals surface area contributed by atoms with Crippen LogP contribution in [0.1, 0.15) is 19.8 Å². The fourth-order valence-corrected chi connectivity index (χ4v) is 1.15. The number of rotatable bonds is 3. The topological polar surface area (TPSA) is 41.3 Å². The minimum absolute atomic E-state index is 0.339. The number of nitrogens with zero attached hydrogens (tertiary/aromatic N) is 1. The number of nitrogens with one attached hydrogen (secondary N) is 1. The van der Waals surface area contributed by atoms with Crippen LogP contribution in [-0.2, 0) is 0 Å². The molecule has 1 rings (SSSR count). The molecule has 60 valence electrons. The van der Waals surface area contributed by atoms with Crippen LogP contribution in [0.5, 0.6) is 0 Å². The van der Waals surface area contributed by atoms with E-state index in [0.717, 1.165) is 26.1 Å². The van der Waals surface area contributed by atoms with Gasteiger partial charge in [0.15, 0.2) is 0 Å². The molecule has 0 radical (unpaired) electrons. The molecule has 1 saturated heterocycles. The normalized spacial score (nSPS) is 23.4. The molecule has 0 aliphatic carbocycles. The highest BCUT2D eigenvalue weighted by Gasteiger charge is 2.12. The van der Waals surface area contributed by atoms with Crippen molar-refractivity contribution in [1.82, 2.24) is 10.4 Å². The monoisotopic (exact) mass is 143 g/mol. The van der Waals surface area contributed by atoms with E-state index in [0.29, 0.717) is 6.04 Å². The molecule has 1 atom stereocenters. The van der Waals surface area contributed by atoms with Gasteiger partial charge in [-0.15, -0.1) is 0 Å². The Morgan fingerprint density at radius 2 is 2.50 bits per heavy atom. The second-order valence-electron chi connectivity index (χ2n) is 2.88. The average molecular weight is 143 g/mol. The Balaban J connectivity index is 2.11. The van der Waals surface area contributed by atoms with Crippen molar-refractivity contribution in [3.05, 3.63) is 0 Å². The van der Waals surface area contributed by atoms with E-state index in [-0.39, 0.29) is 0 Å². The largest absolute Gasteiger partial charge is 0.326 e. The maximum atomic E-state index is 5.77. The lowest BCUT2D eigenvalue weighted by Gasteiger charge is -2.18. The molecule has 1 unspecified atom stereocenters. The molecule has 0 aromatic carbocycles. The first-order valence-electron chi connectivity index (χ1n) is 4.07. The second-order valence-corrected chi connectivity index (χ2v) is 2.88. The Morgan fingerprint density at radius 3 is 3.00 bits per heavy atom. The number of hydrogen-bond donors (Lipinski definition) is 2. The Kier molecular flexibility index (Phi) is 3.12. The molecule has 1 aliphatic heterocycles.